The number of carbonyl (C=O) groups excluding carboxylic acids is 1. The summed E-state index contributed by atoms with van der Waals surface area (Å²) in [5.41, 5.74) is 1.80. The van der Waals surface area contributed by atoms with Crippen LogP contribution in [0.25, 0.3) is 11.0 Å². The molecule has 3 heterocycles. The zero-order valence-corrected chi connectivity index (χ0v) is 17.6. The first-order valence-corrected chi connectivity index (χ1v) is 9.13. The molecule has 1 aromatic carbocycles. The summed E-state index contributed by atoms with van der Waals surface area (Å²) in [6.07, 6.45) is 4.22. The lowest BCUT2D eigenvalue weighted by molar-refractivity contribution is 0.0949. The first-order valence-electron chi connectivity index (χ1n) is 9.13. The third-order valence-electron chi connectivity index (χ3n) is 5.00. The number of nitrogens with one attached hydrogen (secondary N) is 2. The van der Waals surface area contributed by atoms with Crippen molar-refractivity contribution in [2.45, 2.75) is 25.3 Å². The molecule has 1 saturated heterocycles. The van der Waals surface area contributed by atoms with Gasteiger partial charge in [0.05, 0.1) is 23.3 Å². The largest absolute Gasteiger partial charge is 0.350 e. The Morgan fingerprint density at radius 2 is 2.07 bits per heavy atom. The zero-order chi connectivity index (χ0) is 18.8. The van der Waals surface area contributed by atoms with Gasteiger partial charge in [-0.1, -0.05) is 5.21 Å². The number of nitrogens with zero attached hydrogens (tertiary/aromatic N) is 5. The lowest BCUT2D eigenvalue weighted by atomic mass is 10.1. The third-order valence-corrected chi connectivity index (χ3v) is 5.00. The lowest BCUT2D eigenvalue weighted by Gasteiger charge is -2.22. The van der Waals surface area contributed by atoms with Crippen LogP contribution in [0.15, 0.2) is 24.4 Å². The van der Waals surface area contributed by atoms with Crippen LogP contribution in [0.4, 0.5) is 4.39 Å². The molecule has 1 aliphatic heterocycles. The van der Waals surface area contributed by atoms with Crippen molar-refractivity contribution >= 4 is 41.8 Å². The van der Waals surface area contributed by atoms with E-state index in [4.69, 9.17) is 0 Å². The highest BCUT2D eigenvalue weighted by Crippen LogP contribution is 2.18. The third kappa shape index (κ3) is 5.04. The van der Waals surface area contributed by atoms with Crippen LogP contribution in [0, 0.1) is 5.82 Å². The summed E-state index contributed by atoms with van der Waals surface area (Å²) in [6.45, 7) is 2.32. The molecule has 0 bridgehead atoms. The lowest BCUT2D eigenvalue weighted by Crippen LogP contribution is -2.29. The van der Waals surface area contributed by atoms with Crippen molar-refractivity contribution in [1.82, 2.24) is 35.2 Å². The van der Waals surface area contributed by atoms with Crippen LogP contribution in [-0.2, 0) is 13.5 Å². The summed E-state index contributed by atoms with van der Waals surface area (Å²) in [5.74, 6) is 0.247. The van der Waals surface area contributed by atoms with E-state index in [-0.39, 0.29) is 36.5 Å². The molecule has 158 valence electrons. The van der Waals surface area contributed by atoms with Gasteiger partial charge in [0, 0.05) is 20.0 Å². The van der Waals surface area contributed by atoms with E-state index in [1.165, 1.54) is 12.1 Å². The standard InChI is InChI=1S/C18H22FN7O.2ClH/c1-25-16-10-12(19)2-3-14(16)22-17(25)6-9-21-18(27)15-11-26(24-23-15)13-4-7-20-8-5-13;;/h2-3,10-11,13,20H,4-9H2,1H3,(H,21,27);2*1H. The highest BCUT2D eigenvalue weighted by Gasteiger charge is 2.18. The van der Waals surface area contributed by atoms with Crippen molar-refractivity contribution in [1.29, 1.82) is 0 Å². The molecule has 2 N–H and O–H groups in total. The van der Waals surface area contributed by atoms with Gasteiger partial charge in [0.25, 0.3) is 5.91 Å². The SMILES string of the molecule is Cl.Cl.Cn1c(CCNC(=O)c2cn(C3CCNCC3)nn2)nc2ccc(F)cc21. The van der Waals surface area contributed by atoms with Crippen molar-refractivity contribution in [3.8, 4) is 0 Å². The van der Waals surface area contributed by atoms with Crippen LogP contribution < -0.4 is 10.6 Å². The fraction of sp³-hybridized carbons (Fsp3) is 0.444. The number of rotatable bonds is 5. The van der Waals surface area contributed by atoms with Gasteiger partial charge in [0.2, 0.25) is 0 Å². The highest BCUT2D eigenvalue weighted by molar-refractivity contribution is 5.91. The molecule has 0 spiro atoms. The molecule has 0 aliphatic carbocycles. The number of carbonyl (C=O) groups is 1. The zero-order valence-electron chi connectivity index (χ0n) is 16.0. The average molecular weight is 444 g/mol. The Morgan fingerprint density at radius 3 is 2.83 bits per heavy atom. The molecule has 11 heteroatoms. The predicted octanol–water partition coefficient (Wildman–Crippen LogP) is 2.04. The van der Waals surface area contributed by atoms with Crippen LogP contribution >= 0.6 is 24.8 Å². The summed E-state index contributed by atoms with van der Waals surface area (Å²) in [4.78, 5) is 16.8. The van der Waals surface area contributed by atoms with Crippen LogP contribution in [0.2, 0.25) is 0 Å². The monoisotopic (exact) mass is 443 g/mol. The number of aryl methyl sites for hydroxylation is 1. The van der Waals surface area contributed by atoms with Gasteiger partial charge in [0.15, 0.2) is 5.69 Å². The van der Waals surface area contributed by atoms with Crippen LogP contribution in [-0.4, -0.2) is 50.1 Å². The number of piperidine rings is 1. The average Bonchev–Trinajstić information content (AvgIpc) is 3.29. The summed E-state index contributed by atoms with van der Waals surface area (Å²) in [6, 6.07) is 4.81. The molecule has 0 saturated carbocycles. The van der Waals surface area contributed by atoms with Crippen LogP contribution in [0.5, 0.6) is 0 Å². The second-order valence-corrected chi connectivity index (χ2v) is 6.79. The van der Waals surface area contributed by atoms with E-state index >= 15 is 0 Å². The second-order valence-electron chi connectivity index (χ2n) is 6.79. The summed E-state index contributed by atoms with van der Waals surface area (Å²) in [5, 5.41) is 14.3. The number of imidazole rings is 1. The Hall–Kier alpha value is -2.23. The van der Waals surface area contributed by atoms with E-state index < -0.39 is 0 Å². The number of fused-ring (bicyclic) bond motifs is 1. The number of hydrogen-bond acceptors (Lipinski definition) is 5. The number of aromatic nitrogens is 5. The number of amides is 1. The fourth-order valence-corrected chi connectivity index (χ4v) is 3.45. The molecular formula is C18H24Cl2FN7O. The Kier molecular flexibility index (Phi) is 7.95. The van der Waals surface area contributed by atoms with E-state index in [1.54, 1.807) is 16.9 Å². The molecule has 0 radical (unpaired) electrons. The molecule has 2 aromatic heterocycles. The van der Waals surface area contributed by atoms with Gasteiger partial charge in [-0.3, -0.25) is 4.79 Å². The Balaban J connectivity index is 0.00000150. The number of hydrogen-bond donors (Lipinski definition) is 2. The predicted molar refractivity (Wildman–Crippen MR) is 112 cm³/mol. The highest BCUT2D eigenvalue weighted by atomic mass is 35.5. The molecule has 8 nitrogen and oxygen atoms in total. The Bertz CT molecular complexity index is 968. The van der Waals surface area contributed by atoms with Gasteiger partial charge in [-0.25, -0.2) is 14.1 Å². The van der Waals surface area contributed by atoms with E-state index in [0.717, 1.165) is 42.8 Å². The maximum Gasteiger partial charge on any atom is 0.273 e. The molecule has 29 heavy (non-hydrogen) atoms. The maximum absolute atomic E-state index is 13.4. The molecule has 3 aromatic rings. The summed E-state index contributed by atoms with van der Waals surface area (Å²) in [7, 11) is 1.84. The minimum absolute atomic E-state index is 0. The first kappa shape index (κ1) is 23.1. The van der Waals surface area contributed by atoms with Gasteiger partial charge in [-0.2, -0.15) is 0 Å². The van der Waals surface area contributed by atoms with Crippen molar-refractivity contribution in [3.63, 3.8) is 0 Å². The Morgan fingerprint density at radius 1 is 1.31 bits per heavy atom. The summed E-state index contributed by atoms with van der Waals surface area (Å²) < 4.78 is 17.0. The summed E-state index contributed by atoms with van der Waals surface area (Å²) >= 11 is 0. The van der Waals surface area contributed by atoms with Crippen molar-refractivity contribution in [3.05, 3.63) is 41.7 Å². The smallest absolute Gasteiger partial charge is 0.273 e. The van der Waals surface area contributed by atoms with Crippen LogP contribution in [0.1, 0.15) is 35.2 Å². The number of benzene rings is 1. The molecule has 1 fully saturated rings. The van der Waals surface area contributed by atoms with Crippen LogP contribution in [0.3, 0.4) is 0 Å². The first-order chi connectivity index (χ1) is 13.1. The Labute approximate surface area is 180 Å². The van der Waals surface area contributed by atoms with Gasteiger partial charge in [0.1, 0.15) is 11.6 Å². The van der Waals surface area contributed by atoms with Crippen molar-refractivity contribution < 1.29 is 9.18 Å². The molecule has 1 aliphatic rings. The van der Waals surface area contributed by atoms with Gasteiger partial charge >= 0.3 is 0 Å². The van der Waals surface area contributed by atoms with Gasteiger partial charge in [-0.05, 0) is 44.1 Å². The van der Waals surface area contributed by atoms with E-state index in [2.05, 4.69) is 25.9 Å². The second kappa shape index (κ2) is 10.00. The maximum atomic E-state index is 13.4. The molecular weight excluding hydrogens is 420 g/mol. The minimum Gasteiger partial charge on any atom is -0.350 e. The quantitative estimate of drug-likeness (QED) is 0.629. The molecule has 1 amide bonds. The van der Waals surface area contributed by atoms with Crippen molar-refractivity contribution in [2.75, 3.05) is 19.6 Å². The molecule has 0 atom stereocenters. The van der Waals surface area contributed by atoms with Gasteiger partial charge in [-0.15, -0.1) is 29.9 Å². The van der Waals surface area contributed by atoms with E-state index in [1.807, 2.05) is 11.6 Å². The molecule has 0 unspecified atom stereocenters. The minimum atomic E-state index is -0.290. The van der Waals surface area contributed by atoms with Gasteiger partial charge < -0.3 is 15.2 Å². The topological polar surface area (TPSA) is 89.7 Å². The van der Waals surface area contributed by atoms with E-state index in [0.29, 0.717) is 24.7 Å². The number of halogens is 3. The normalized spacial score (nSPS) is 14.3. The molecule has 4 rings (SSSR count). The van der Waals surface area contributed by atoms with Crippen molar-refractivity contribution in [2.24, 2.45) is 7.05 Å². The fourth-order valence-electron chi connectivity index (χ4n) is 3.45. The van der Waals surface area contributed by atoms with E-state index in [9.17, 15) is 9.18 Å².